The lowest BCUT2D eigenvalue weighted by Crippen LogP contribution is -2.48. The van der Waals surface area contributed by atoms with Crippen LogP contribution in [0.2, 0.25) is 0 Å². The fourth-order valence-corrected chi connectivity index (χ4v) is 3.54. The van der Waals surface area contributed by atoms with Crippen LogP contribution in [0.3, 0.4) is 0 Å². The molecular weight excluding hydrogens is 266 g/mol. The number of aromatic nitrogens is 4. The van der Waals surface area contributed by atoms with Crippen molar-refractivity contribution in [1.29, 1.82) is 0 Å². The van der Waals surface area contributed by atoms with E-state index < -0.39 is 0 Å². The molecule has 6 nitrogen and oxygen atoms in total. The highest BCUT2D eigenvalue weighted by atomic mass is 16.5. The number of nitrogens with zero attached hydrogens (tertiary/aromatic N) is 5. The smallest absolute Gasteiger partial charge is 0.164 e. The third kappa shape index (κ3) is 2.15. The van der Waals surface area contributed by atoms with Crippen molar-refractivity contribution in [2.45, 2.75) is 25.0 Å². The van der Waals surface area contributed by atoms with E-state index in [9.17, 15) is 0 Å². The second-order valence-electron chi connectivity index (χ2n) is 5.93. The highest BCUT2D eigenvalue weighted by Crippen LogP contribution is 2.42. The summed E-state index contributed by atoms with van der Waals surface area (Å²) in [5.74, 6) is 0.901. The second-order valence-corrected chi connectivity index (χ2v) is 5.93. The van der Waals surface area contributed by atoms with E-state index in [1.165, 1.54) is 11.1 Å². The van der Waals surface area contributed by atoms with Crippen LogP contribution in [-0.2, 0) is 30.4 Å². The monoisotopic (exact) mass is 285 g/mol. The molecule has 1 saturated heterocycles. The fourth-order valence-electron chi connectivity index (χ4n) is 3.54. The van der Waals surface area contributed by atoms with Crippen molar-refractivity contribution in [3.05, 3.63) is 41.2 Å². The summed E-state index contributed by atoms with van der Waals surface area (Å²) in [6.45, 7) is 3.38. The van der Waals surface area contributed by atoms with Crippen molar-refractivity contribution in [1.82, 2.24) is 25.1 Å². The number of tetrazole rings is 1. The van der Waals surface area contributed by atoms with Gasteiger partial charge in [0.15, 0.2) is 5.82 Å². The Kier molecular flexibility index (Phi) is 3.01. The Morgan fingerprint density at radius 1 is 1.33 bits per heavy atom. The van der Waals surface area contributed by atoms with Gasteiger partial charge >= 0.3 is 0 Å². The molecule has 2 aliphatic rings. The first kappa shape index (κ1) is 12.9. The first-order chi connectivity index (χ1) is 10.3. The summed E-state index contributed by atoms with van der Waals surface area (Å²) in [4.78, 5) is 2.40. The van der Waals surface area contributed by atoms with Crippen LogP contribution in [0.1, 0.15) is 23.4 Å². The standard InChI is InChI=1S/C15H19N5O/c1-19-14(16-17-18-19)10-20-8-9-21-15(11-20)7-6-12-4-2-3-5-13(12)15/h2-5H,6-11H2,1H3. The lowest BCUT2D eigenvalue weighted by Gasteiger charge is -2.41. The summed E-state index contributed by atoms with van der Waals surface area (Å²) in [5.41, 5.74) is 2.66. The zero-order chi connectivity index (χ0) is 14.3. The molecule has 21 heavy (non-hydrogen) atoms. The van der Waals surface area contributed by atoms with Crippen molar-refractivity contribution in [2.24, 2.45) is 7.05 Å². The number of hydrogen-bond acceptors (Lipinski definition) is 5. The molecule has 1 aliphatic carbocycles. The van der Waals surface area contributed by atoms with Crippen LogP contribution in [0.25, 0.3) is 0 Å². The van der Waals surface area contributed by atoms with Gasteiger partial charge in [-0.05, 0) is 34.4 Å². The van der Waals surface area contributed by atoms with Gasteiger partial charge in [-0.3, -0.25) is 4.90 Å². The van der Waals surface area contributed by atoms with Gasteiger partial charge in [-0.15, -0.1) is 5.10 Å². The number of fused-ring (bicyclic) bond motifs is 2. The summed E-state index contributed by atoms with van der Waals surface area (Å²) >= 11 is 0. The van der Waals surface area contributed by atoms with Gasteiger partial charge in [0.2, 0.25) is 0 Å². The zero-order valence-electron chi connectivity index (χ0n) is 12.2. The molecule has 1 aliphatic heterocycles. The fraction of sp³-hybridized carbons (Fsp3) is 0.533. The Labute approximate surface area is 123 Å². The second kappa shape index (κ2) is 4.89. The van der Waals surface area contributed by atoms with E-state index in [1.54, 1.807) is 4.68 Å². The molecule has 6 heteroatoms. The topological polar surface area (TPSA) is 56.1 Å². The van der Waals surface area contributed by atoms with E-state index in [0.717, 1.165) is 44.9 Å². The lowest BCUT2D eigenvalue weighted by molar-refractivity contribution is -0.116. The number of aryl methyl sites for hydroxylation is 2. The number of benzene rings is 1. The van der Waals surface area contributed by atoms with Gasteiger partial charge in [0.25, 0.3) is 0 Å². The maximum absolute atomic E-state index is 6.23. The zero-order valence-corrected chi connectivity index (χ0v) is 12.2. The highest BCUT2D eigenvalue weighted by Gasteiger charge is 2.43. The Morgan fingerprint density at radius 2 is 2.24 bits per heavy atom. The summed E-state index contributed by atoms with van der Waals surface area (Å²) in [6, 6.07) is 8.67. The van der Waals surface area contributed by atoms with E-state index in [-0.39, 0.29) is 5.60 Å². The number of morpholine rings is 1. The van der Waals surface area contributed by atoms with Gasteiger partial charge < -0.3 is 4.74 Å². The maximum atomic E-state index is 6.23. The van der Waals surface area contributed by atoms with Gasteiger partial charge in [-0.1, -0.05) is 24.3 Å². The van der Waals surface area contributed by atoms with E-state index in [2.05, 4.69) is 44.7 Å². The maximum Gasteiger partial charge on any atom is 0.164 e. The molecule has 0 saturated carbocycles. The van der Waals surface area contributed by atoms with Gasteiger partial charge in [-0.2, -0.15) is 0 Å². The first-order valence-corrected chi connectivity index (χ1v) is 7.43. The molecular formula is C15H19N5O. The Morgan fingerprint density at radius 3 is 3.10 bits per heavy atom. The van der Waals surface area contributed by atoms with Crippen molar-refractivity contribution in [2.75, 3.05) is 19.7 Å². The predicted molar refractivity (Wildman–Crippen MR) is 76.5 cm³/mol. The van der Waals surface area contributed by atoms with Crippen LogP contribution in [-0.4, -0.2) is 44.8 Å². The Balaban J connectivity index is 1.58. The van der Waals surface area contributed by atoms with Gasteiger partial charge in [0, 0.05) is 20.1 Å². The number of hydrogen-bond donors (Lipinski definition) is 0. The molecule has 0 bridgehead atoms. The minimum Gasteiger partial charge on any atom is -0.368 e. The molecule has 4 rings (SSSR count). The lowest BCUT2D eigenvalue weighted by atomic mass is 9.93. The molecule has 1 unspecified atom stereocenters. The summed E-state index contributed by atoms with van der Waals surface area (Å²) < 4.78 is 7.97. The molecule has 1 aromatic heterocycles. The van der Waals surface area contributed by atoms with E-state index in [0.29, 0.717) is 0 Å². The van der Waals surface area contributed by atoms with Crippen molar-refractivity contribution in [3.63, 3.8) is 0 Å². The number of ether oxygens (including phenoxy) is 1. The normalized spacial score (nSPS) is 25.4. The number of rotatable bonds is 2. The van der Waals surface area contributed by atoms with Gasteiger partial charge in [0.1, 0.15) is 5.60 Å². The molecule has 0 radical (unpaired) electrons. The average Bonchev–Trinajstić information content (AvgIpc) is 3.06. The summed E-state index contributed by atoms with van der Waals surface area (Å²) in [5, 5.41) is 11.7. The van der Waals surface area contributed by atoms with Crippen LogP contribution in [0.4, 0.5) is 0 Å². The Hall–Kier alpha value is -1.79. The van der Waals surface area contributed by atoms with Crippen LogP contribution in [0.15, 0.2) is 24.3 Å². The molecule has 110 valence electrons. The van der Waals surface area contributed by atoms with Crippen molar-refractivity contribution in [3.8, 4) is 0 Å². The third-order valence-electron chi connectivity index (χ3n) is 4.64. The van der Waals surface area contributed by atoms with Crippen LogP contribution >= 0.6 is 0 Å². The van der Waals surface area contributed by atoms with E-state index in [1.807, 2.05) is 7.05 Å². The van der Waals surface area contributed by atoms with Crippen LogP contribution < -0.4 is 0 Å². The average molecular weight is 285 g/mol. The summed E-state index contributed by atoms with van der Waals surface area (Å²) in [7, 11) is 1.89. The first-order valence-electron chi connectivity index (χ1n) is 7.43. The largest absolute Gasteiger partial charge is 0.368 e. The van der Waals surface area contributed by atoms with Gasteiger partial charge in [-0.25, -0.2) is 4.68 Å². The van der Waals surface area contributed by atoms with E-state index >= 15 is 0 Å². The molecule has 0 amide bonds. The third-order valence-corrected chi connectivity index (χ3v) is 4.64. The molecule has 0 N–H and O–H groups in total. The summed E-state index contributed by atoms with van der Waals surface area (Å²) in [6.07, 6.45) is 2.18. The SMILES string of the molecule is Cn1nnnc1CN1CCOC2(CCc3ccccc32)C1. The minimum absolute atomic E-state index is 0.138. The molecule has 1 atom stereocenters. The van der Waals surface area contributed by atoms with Crippen molar-refractivity contribution < 1.29 is 4.74 Å². The highest BCUT2D eigenvalue weighted by molar-refractivity contribution is 5.38. The molecule has 2 aromatic rings. The molecule has 1 fully saturated rings. The van der Waals surface area contributed by atoms with E-state index in [4.69, 9.17) is 4.74 Å². The molecule has 1 spiro atoms. The predicted octanol–water partition coefficient (Wildman–Crippen LogP) is 0.884. The minimum atomic E-state index is -0.138. The molecule has 1 aromatic carbocycles. The van der Waals surface area contributed by atoms with Crippen molar-refractivity contribution >= 4 is 0 Å². The van der Waals surface area contributed by atoms with Crippen LogP contribution in [0.5, 0.6) is 0 Å². The quantitative estimate of drug-likeness (QED) is 0.820. The van der Waals surface area contributed by atoms with Crippen LogP contribution in [0, 0.1) is 0 Å². The molecule has 2 heterocycles. The Bertz CT molecular complexity index is 651. The van der Waals surface area contributed by atoms with Gasteiger partial charge in [0.05, 0.1) is 13.2 Å².